The summed E-state index contributed by atoms with van der Waals surface area (Å²) in [6, 6.07) is 2.05. The Morgan fingerprint density at radius 2 is 2.08 bits per heavy atom. The van der Waals surface area contributed by atoms with E-state index in [-0.39, 0.29) is 0 Å². The molecule has 0 aromatic carbocycles. The third-order valence-corrected chi connectivity index (χ3v) is 2.77. The van der Waals surface area contributed by atoms with Crippen LogP contribution in [0.5, 0.6) is 0 Å². The molecule has 0 bridgehead atoms. The van der Waals surface area contributed by atoms with Crippen molar-refractivity contribution in [2.45, 2.75) is 18.6 Å². The van der Waals surface area contributed by atoms with E-state index in [9.17, 15) is 13.2 Å². The highest BCUT2D eigenvalue weighted by molar-refractivity contribution is 7.16. The Balaban J connectivity index is 2.64. The van der Waals surface area contributed by atoms with Gasteiger partial charge in [-0.1, -0.05) is 11.6 Å². The first kappa shape index (κ1) is 10.8. The van der Waals surface area contributed by atoms with Crippen LogP contribution < -0.4 is 5.73 Å². The largest absolute Gasteiger partial charge is 0.390 e. The molecule has 1 heterocycles. The van der Waals surface area contributed by atoms with Gasteiger partial charge in [0.25, 0.3) is 0 Å². The van der Waals surface area contributed by atoms with E-state index in [1.54, 1.807) is 0 Å². The lowest BCUT2D eigenvalue weighted by atomic mass is 10.2. The van der Waals surface area contributed by atoms with Gasteiger partial charge < -0.3 is 5.73 Å². The summed E-state index contributed by atoms with van der Waals surface area (Å²) in [5.41, 5.74) is 5.33. The molecule has 0 fully saturated rings. The standard InChI is InChI=1S/C7H7ClF3NS/c8-6-2-1-5(13-6)4(12)3-7(9,10)11/h1-2,4H,3,12H2. The number of halogens is 4. The minimum atomic E-state index is -4.23. The predicted molar refractivity (Wildman–Crippen MR) is 46.9 cm³/mol. The van der Waals surface area contributed by atoms with Gasteiger partial charge in [-0.3, -0.25) is 0 Å². The second kappa shape index (κ2) is 3.86. The molecule has 1 rings (SSSR count). The maximum atomic E-state index is 11.9. The lowest BCUT2D eigenvalue weighted by molar-refractivity contribution is -0.138. The van der Waals surface area contributed by atoms with Gasteiger partial charge in [-0.2, -0.15) is 13.2 Å². The van der Waals surface area contributed by atoms with E-state index < -0.39 is 18.6 Å². The predicted octanol–water partition coefficient (Wildman–Crippen LogP) is 3.35. The zero-order chi connectivity index (χ0) is 10.1. The summed E-state index contributed by atoms with van der Waals surface area (Å²) >= 11 is 6.63. The van der Waals surface area contributed by atoms with Crippen molar-refractivity contribution in [3.05, 3.63) is 21.3 Å². The van der Waals surface area contributed by atoms with E-state index in [0.29, 0.717) is 9.21 Å². The molecule has 1 nitrogen and oxygen atoms in total. The molecule has 1 aromatic heterocycles. The highest BCUT2D eigenvalue weighted by Crippen LogP contribution is 2.32. The average molecular weight is 230 g/mol. The quantitative estimate of drug-likeness (QED) is 0.827. The normalized spacial score (nSPS) is 14.5. The molecule has 0 saturated heterocycles. The van der Waals surface area contributed by atoms with Gasteiger partial charge in [0.15, 0.2) is 0 Å². The number of hydrogen-bond donors (Lipinski definition) is 1. The number of nitrogens with two attached hydrogens (primary N) is 1. The van der Waals surface area contributed by atoms with Crippen molar-refractivity contribution in [2.75, 3.05) is 0 Å². The van der Waals surface area contributed by atoms with Gasteiger partial charge in [-0.25, -0.2) is 0 Å². The molecule has 0 aliphatic carbocycles. The zero-order valence-electron chi connectivity index (χ0n) is 6.44. The molecular weight excluding hydrogens is 223 g/mol. The number of thiophene rings is 1. The van der Waals surface area contributed by atoms with E-state index in [0.717, 1.165) is 11.3 Å². The lowest BCUT2D eigenvalue weighted by Gasteiger charge is -2.11. The number of alkyl halides is 3. The summed E-state index contributed by atoms with van der Waals surface area (Å²) in [5.74, 6) is 0. The van der Waals surface area contributed by atoms with Crippen molar-refractivity contribution in [1.29, 1.82) is 0 Å². The van der Waals surface area contributed by atoms with Crippen molar-refractivity contribution < 1.29 is 13.2 Å². The van der Waals surface area contributed by atoms with Crippen LogP contribution in [0.3, 0.4) is 0 Å². The molecule has 6 heteroatoms. The van der Waals surface area contributed by atoms with Crippen molar-refractivity contribution in [3.63, 3.8) is 0 Å². The molecule has 1 aromatic rings. The molecular formula is C7H7ClF3NS. The Hall–Kier alpha value is -0.260. The van der Waals surface area contributed by atoms with Gasteiger partial charge in [0, 0.05) is 10.9 Å². The number of rotatable bonds is 2. The molecule has 0 saturated carbocycles. The molecule has 1 atom stereocenters. The van der Waals surface area contributed by atoms with Crippen molar-refractivity contribution in [3.8, 4) is 0 Å². The molecule has 0 aliphatic rings. The van der Waals surface area contributed by atoms with Crippen LogP contribution in [0.1, 0.15) is 17.3 Å². The van der Waals surface area contributed by atoms with Gasteiger partial charge in [-0.05, 0) is 12.1 Å². The topological polar surface area (TPSA) is 26.0 Å². The summed E-state index contributed by atoms with van der Waals surface area (Å²) in [6.07, 6.45) is -5.24. The van der Waals surface area contributed by atoms with Gasteiger partial charge in [-0.15, -0.1) is 11.3 Å². The maximum absolute atomic E-state index is 11.9. The van der Waals surface area contributed by atoms with Crippen LogP contribution in [-0.2, 0) is 0 Å². The van der Waals surface area contributed by atoms with E-state index in [1.165, 1.54) is 12.1 Å². The second-order valence-corrected chi connectivity index (χ2v) is 4.31. The molecule has 74 valence electrons. The molecule has 1 unspecified atom stereocenters. The third kappa shape index (κ3) is 3.54. The van der Waals surface area contributed by atoms with Crippen molar-refractivity contribution >= 4 is 22.9 Å². The summed E-state index contributed by atoms with van der Waals surface area (Å²) in [4.78, 5) is 0.460. The Morgan fingerprint density at radius 3 is 2.46 bits per heavy atom. The van der Waals surface area contributed by atoms with Crippen LogP contribution in [-0.4, -0.2) is 6.18 Å². The van der Waals surface area contributed by atoms with Gasteiger partial charge in [0.05, 0.1) is 10.8 Å². The maximum Gasteiger partial charge on any atom is 0.390 e. The first-order chi connectivity index (χ1) is 5.88. The van der Waals surface area contributed by atoms with Crippen LogP contribution >= 0.6 is 22.9 Å². The van der Waals surface area contributed by atoms with Crippen molar-refractivity contribution in [1.82, 2.24) is 0 Å². The summed E-state index contributed by atoms with van der Waals surface area (Å²) in [6.45, 7) is 0. The van der Waals surface area contributed by atoms with Gasteiger partial charge >= 0.3 is 6.18 Å². The van der Waals surface area contributed by atoms with E-state index in [2.05, 4.69) is 0 Å². The van der Waals surface area contributed by atoms with E-state index in [1.807, 2.05) is 0 Å². The zero-order valence-corrected chi connectivity index (χ0v) is 8.01. The van der Waals surface area contributed by atoms with Crippen LogP contribution in [0.15, 0.2) is 12.1 Å². The van der Waals surface area contributed by atoms with E-state index >= 15 is 0 Å². The summed E-state index contributed by atoms with van der Waals surface area (Å²) in [5, 5.41) is 0. The minimum absolute atomic E-state index is 0.452. The van der Waals surface area contributed by atoms with Gasteiger partial charge in [0.2, 0.25) is 0 Å². The Kier molecular flexibility index (Phi) is 3.21. The summed E-state index contributed by atoms with van der Waals surface area (Å²) < 4.78 is 36.1. The van der Waals surface area contributed by atoms with Gasteiger partial charge in [0.1, 0.15) is 0 Å². The van der Waals surface area contributed by atoms with E-state index in [4.69, 9.17) is 17.3 Å². The highest BCUT2D eigenvalue weighted by atomic mass is 35.5. The Morgan fingerprint density at radius 1 is 1.46 bits per heavy atom. The fourth-order valence-electron chi connectivity index (χ4n) is 0.878. The Labute approximate surface area is 82.3 Å². The van der Waals surface area contributed by atoms with Crippen LogP contribution in [0.4, 0.5) is 13.2 Å². The fraction of sp³-hybridized carbons (Fsp3) is 0.429. The average Bonchev–Trinajstić information content (AvgIpc) is 2.31. The fourth-order valence-corrected chi connectivity index (χ4v) is 1.94. The van der Waals surface area contributed by atoms with Crippen LogP contribution in [0, 0.1) is 0 Å². The highest BCUT2D eigenvalue weighted by Gasteiger charge is 2.31. The monoisotopic (exact) mass is 229 g/mol. The first-order valence-electron chi connectivity index (χ1n) is 3.46. The smallest absolute Gasteiger partial charge is 0.323 e. The molecule has 0 radical (unpaired) electrons. The lowest BCUT2D eigenvalue weighted by Crippen LogP contribution is -2.19. The van der Waals surface area contributed by atoms with Crippen LogP contribution in [0.2, 0.25) is 4.34 Å². The molecule has 0 aliphatic heterocycles. The third-order valence-electron chi connectivity index (χ3n) is 1.41. The molecule has 0 spiro atoms. The SMILES string of the molecule is NC(CC(F)(F)F)c1ccc(Cl)s1. The number of hydrogen-bond acceptors (Lipinski definition) is 2. The summed E-state index contributed by atoms with van der Waals surface area (Å²) in [7, 11) is 0. The Bertz CT molecular complexity index is 284. The minimum Gasteiger partial charge on any atom is -0.323 e. The van der Waals surface area contributed by atoms with Crippen molar-refractivity contribution in [2.24, 2.45) is 5.73 Å². The molecule has 0 amide bonds. The molecule has 13 heavy (non-hydrogen) atoms. The second-order valence-electron chi connectivity index (χ2n) is 2.57. The van der Waals surface area contributed by atoms with Crippen LogP contribution in [0.25, 0.3) is 0 Å². The molecule has 2 N–H and O–H groups in total. The first-order valence-corrected chi connectivity index (χ1v) is 4.65.